The number of halogens is 2. The number of ether oxygens (including phenoxy) is 1. The van der Waals surface area contributed by atoms with E-state index >= 15 is 0 Å². The molecule has 0 aliphatic rings. The van der Waals surface area contributed by atoms with Crippen molar-refractivity contribution >= 4 is 0 Å². The molecule has 1 aromatic rings. The Morgan fingerprint density at radius 2 is 1.76 bits per heavy atom. The largest absolute Gasteiger partial charge is 0.488 e. The predicted octanol–water partition coefficient (Wildman–Crippen LogP) is 3.65. The van der Waals surface area contributed by atoms with Crippen LogP contribution in [0.25, 0.3) is 0 Å². The van der Waals surface area contributed by atoms with Crippen LogP contribution in [0, 0.1) is 28.4 Å². The highest BCUT2D eigenvalue weighted by Crippen LogP contribution is 2.25. The van der Waals surface area contributed by atoms with E-state index in [1.807, 2.05) is 20.8 Å². The van der Waals surface area contributed by atoms with E-state index in [1.165, 1.54) is 0 Å². The Kier molecular flexibility index (Phi) is 4.06. The molecule has 0 saturated heterocycles. The molecule has 0 spiro atoms. The summed E-state index contributed by atoms with van der Waals surface area (Å²) in [6.07, 6.45) is 0.686. The summed E-state index contributed by atoms with van der Waals surface area (Å²) in [5.41, 5.74) is -0.0114. The van der Waals surface area contributed by atoms with Gasteiger partial charge in [0, 0.05) is 0 Å². The average molecular weight is 239 g/mol. The van der Waals surface area contributed by atoms with Crippen molar-refractivity contribution in [2.45, 2.75) is 27.2 Å². The van der Waals surface area contributed by atoms with E-state index in [4.69, 9.17) is 10.00 Å². The van der Waals surface area contributed by atoms with Crippen molar-refractivity contribution in [1.29, 1.82) is 5.26 Å². The molecule has 0 bridgehead atoms. The maximum Gasteiger partial charge on any atom is 0.190 e. The first-order chi connectivity index (χ1) is 7.83. The van der Waals surface area contributed by atoms with E-state index < -0.39 is 17.4 Å². The Morgan fingerprint density at radius 3 is 2.18 bits per heavy atom. The van der Waals surface area contributed by atoms with Crippen molar-refractivity contribution in [3.05, 3.63) is 29.3 Å². The summed E-state index contributed by atoms with van der Waals surface area (Å²) in [7, 11) is 0. The van der Waals surface area contributed by atoms with Gasteiger partial charge in [0.1, 0.15) is 0 Å². The lowest BCUT2D eigenvalue weighted by molar-refractivity contribution is 0.226. The first kappa shape index (κ1) is 13.4. The molecule has 0 fully saturated rings. The Balaban J connectivity index is 2.76. The third-order valence-electron chi connectivity index (χ3n) is 2.23. The van der Waals surface area contributed by atoms with E-state index in [-0.39, 0.29) is 17.6 Å². The quantitative estimate of drug-likeness (QED) is 0.806. The van der Waals surface area contributed by atoms with Gasteiger partial charge in [0.15, 0.2) is 17.4 Å². The van der Waals surface area contributed by atoms with Gasteiger partial charge in [0.05, 0.1) is 18.2 Å². The number of hydrogen-bond donors (Lipinski definition) is 0. The van der Waals surface area contributed by atoms with Crippen LogP contribution in [0.1, 0.15) is 32.8 Å². The molecule has 1 rings (SSSR count). The number of nitriles is 1. The van der Waals surface area contributed by atoms with Gasteiger partial charge in [-0.15, -0.1) is 0 Å². The molecule has 0 amide bonds. The monoisotopic (exact) mass is 239 g/mol. The molecule has 0 aliphatic heterocycles. The van der Waals surface area contributed by atoms with Gasteiger partial charge in [-0.25, -0.2) is 8.78 Å². The lowest BCUT2D eigenvalue weighted by Crippen LogP contribution is -2.12. The van der Waals surface area contributed by atoms with Gasteiger partial charge in [-0.3, -0.25) is 0 Å². The normalized spacial score (nSPS) is 11.1. The zero-order valence-corrected chi connectivity index (χ0v) is 10.2. The van der Waals surface area contributed by atoms with Crippen LogP contribution in [0.5, 0.6) is 5.75 Å². The van der Waals surface area contributed by atoms with Gasteiger partial charge in [0.2, 0.25) is 0 Å². The molecule has 0 radical (unpaired) electrons. The fraction of sp³-hybridized carbons (Fsp3) is 0.462. The highest BCUT2D eigenvalue weighted by atomic mass is 19.1. The lowest BCUT2D eigenvalue weighted by atomic mass is 9.93. The molecule has 2 nitrogen and oxygen atoms in total. The fourth-order valence-corrected chi connectivity index (χ4v) is 1.22. The summed E-state index contributed by atoms with van der Waals surface area (Å²) in [6, 6.07) is 3.62. The van der Waals surface area contributed by atoms with Crippen LogP contribution in [0.3, 0.4) is 0 Å². The summed E-state index contributed by atoms with van der Waals surface area (Å²) in [6.45, 7) is 6.29. The van der Waals surface area contributed by atoms with Gasteiger partial charge < -0.3 is 4.74 Å². The van der Waals surface area contributed by atoms with E-state index in [2.05, 4.69) is 0 Å². The van der Waals surface area contributed by atoms with Gasteiger partial charge in [0.25, 0.3) is 0 Å². The molecule has 1 aromatic carbocycles. The van der Waals surface area contributed by atoms with E-state index in [1.54, 1.807) is 6.07 Å². The maximum atomic E-state index is 13.4. The first-order valence-corrected chi connectivity index (χ1v) is 5.35. The number of rotatable bonds is 3. The number of benzene rings is 1. The second kappa shape index (κ2) is 5.13. The van der Waals surface area contributed by atoms with Crippen molar-refractivity contribution < 1.29 is 13.5 Å². The Bertz CT molecular complexity index is 421. The zero-order chi connectivity index (χ0) is 13.1. The average Bonchev–Trinajstić information content (AvgIpc) is 2.20. The standard InChI is InChI=1S/C13H15F2NO/c1-13(2,3)4-5-17-12-10(14)6-9(8-16)7-11(12)15/h6-7H,4-5H2,1-3H3. The first-order valence-electron chi connectivity index (χ1n) is 5.35. The van der Waals surface area contributed by atoms with E-state index in [9.17, 15) is 8.78 Å². The summed E-state index contributed by atoms with van der Waals surface area (Å²) >= 11 is 0. The second-order valence-corrected chi connectivity index (χ2v) is 5.04. The Labute approximate surface area is 99.8 Å². The van der Waals surface area contributed by atoms with E-state index in [0.717, 1.165) is 12.1 Å². The van der Waals surface area contributed by atoms with Crippen molar-refractivity contribution in [3.63, 3.8) is 0 Å². The van der Waals surface area contributed by atoms with Crippen LogP contribution >= 0.6 is 0 Å². The molecule has 0 saturated carbocycles. The third kappa shape index (κ3) is 4.03. The lowest BCUT2D eigenvalue weighted by Gasteiger charge is -2.18. The van der Waals surface area contributed by atoms with Crippen LogP contribution in [-0.2, 0) is 0 Å². The molecule has 0 heterocycles. The van der Waals surface area contributed by atoms with Gasteiger partial charge >= 0.3 is 0 Å². The van der Waals surface area contributed by atoms with Crippen LogP contribution in [0.15, 0.2) is 12.1 Å². The Morgan fingerprint density at radius 1 is 1.24 bits per heavy atom. The van der Waals surface area contributed by atoms with Crippen molar-refractivity contribution in [3.8, 4) is 11.8 Å². The highest BCUT2D eigenvalue weighted by molar-refractivity contribution is 5.37. The van der Waals surface area contributed by atoms with Crippen molar-refractivity contribution in [2.75, 3.05) is 6.61 Å². The molecule has 0 aromatic heterocycles. The summed E-state index contributed by atoms with van der Waals surface area (Å²) < 4.78 is 31.9. The van der Waals surface area contributed by atoms with Crippen LogP contribution in [-0.4, -0.2) is 6.61 Å². The molecule has 92 valence electrons. The summed E-state index contributed by atoms with van der Waals surface area (Å²) in [4.78, 5) is 0. The van der Waals surface area contributed by atoms with Crippen LogP contribution in [0.2, 0.25) is 0 Å². The summed E-state index contributed by atoms with van der Waals surface area (Å²) in [5, 5.41) is 8.54. The van der Waals surface area contributed by atoms with Crippen LogP contribution < -0.4 is 4.74 Å². The minimum Gasteiger partial charge on any atom is -0.488 e. The van der Waals surface area contributed by atoms with Gasteiger partial charge in [-0.1, -0.05) is 20.8 Å². The van der Waals surface area contributed by atoms with Crippen LogP contribution in [0.4, 0.5) is 8.78 Å². The maximum absolute atomic E-state index is 13.4. The zero-order valence-electron chi connectivity index (χ0n) is 10.2. The fourth-order valence-electron chi connectivity index (χ4n) is 1.22. The second-order valence-electron chi connectivity index (χ2n) is 5.04. The molecular weight excluding hydrogens is 224 g/mol. The summed E-state index contributed by atoms with van der Waals surface area (Å²) in [5.74, 6) is -2.08. The number of hydrogen-bond acceptors (Lipinski definition) is 2. The smallest absolute Gasteiger partial charge is 0.190 e. The molecule has 4 heteroatoms. The molecular formula is C13H15F2NO. The molecule has 0 aliphatic carbocycles. The molecule has 0 atom stereocenters. The number of nitrogens with zero attached hydrogens (tertiary/aromatic N) is 1. The Hall–Kier alpha value is -1.63. The SMILES string of the molecule is CC(C)(C)CCOc1c(F)cc(C#N)cc1F. The van der Waals surface area contributed by atoms with Gasteiger partial charge in [-0.2, -0.15) is 5.26 Å². The predicted molar refractivity (Wildman–Crippen MR) is 60.6 cm³/mol. The molecule has 17 heavy (non-hydrogen) atoms. The molecule has 0 unspecified atom stereocenters. The minimum atomic E-state index is -0.838. The minimum absolute atomic E-state index is 0.0412. The topological polar surface area (TPSA) is 33.0 Å². The third-order valence-corrected chi connectivity index (χ3v) is 2.23. The van der Waals surface area contributed by atoms with Crippen molar-refractivity contribution in [1.82, 2.24) is 0 Å². The highest BCUT2D eigenvalue weighted by Gasteiger charge is 2.15. The van der Waals surface area contributed by atoms with Gasteiger partial charge in [-0.05, 0) is 24.0 Å². The molecule has 0 N–H and O–H groups in total. The van der Waals surface area contributed by atoms with E-state index in [0.29, 0.717) is 6.42 Å². The van der Waals surface area contributed by atoms with Crippen molar-refractivity contribution in [2.24, 2.45) is 5.41 Å².